The number of carbonyl (C=O) groups excluding carboxylic acids is 1. The van der Waals surface area contributed by atoms with E-state index < -0.39 is 16.0 Å². The summed E-state index contributed by atoms with van der Waals surface area (Å²) in [4.78, 5) is 12.4. The lowest BCUT2D eigenvalue weighted by Crippen LogP contribution is -2.29. The van der Waals surface area contributed by atoms with Crippen LogP contribution in [0.3, 0.4) is 0 Å². The Morgan fingerprint density at radius 1 is 1.35 bits per heavy atom. The molecule has 2 unspecified atom stereocenters. The van der Waals surface area contributed by atoms with Crippen LogP contribution in [0.15, 0.2) is 29.2 Å². The van der Waals surface area contributed by atoms with Gasteiger partial charge in [0.15, 0.2) is 0 Å². The molecule has 2 rings (SSSR count). The van der Waals surface area contributed by atoms with Gasteiger partial charge >= 0.3 is 5.97 Å². The molecule has 0 spiro atoms. The summed E-state index contributed by atoms with van der Waals surface area (Å²) in [5, 5.41) is -0.497. The summed E-state index contributed by atoms with van der Waals surface area (Å²) >= 11 is 0. The summed E-state index contributed by atoms with van der Waals surface area (Å²) in [6.07, 6.45) is 1.94. The third kappa shape index (κ3) is 2.75. The SMILES string of the molecule is COC(=O)C(C1CC1)S(=O)c1ccc(C)cc1. The predicted molar refractivity (Wildman–Crippen MR) is 66.1 cm³/mol. The molecule has 0 radical (unpaired) electrons. The second-order valence-corrected chi connectivity index (χ2v) is 5.97. The van der Waals surface area contributed by atoms with Crippen LogP contribution in [0.4, 0.5) is 0 Å². The molecular formula is C13H16O3S. The molecule has 92 valence electrons. The van der Waals surface area contributed by atoms with Crippen molar-refractivity contribution in [2.75, 3.05) is 7.11 Å². The van der Waals surface area contributed by atoms with E-state index in [9.17, 15) is 9.00 Å². The second kappa shape index (κ2) is 5.00. The van der Waals surface area contributed by atoms with Crippen LogP contribution in [0.2, 0.25) is 0 Å². The van der Waals surface area contributed by atoms with E-state index in [1.807, 2.05) is 31.2 Å². The van der Waals surface area contributed by atoms with Crippen LogP contribution >= 0.6 is 0 Å². The van der Waals surface area contributed by atoms with E-state index in [4.69, 9.17) is 4.74 Å². The van der Waals surface area contributed by atoms with Gasteiger partial charge in [-0.25, -0.2) is 0 Å². The summed E-state index contributed by atoms with van der Waals surface area (Å²) in [5.74, 6) is -0.129. The van der Waals surface area contributed by atoms with Gasteiger partial charge in [0.1, 0.15) is 5.25 Å². The third-order valence-corrected chi connectivity index (χ3v) is 4.74. The number of hydrogen-bond donors (Lipinski definition) is 0. The lowest BCUT2D eigenvalue weighted by Gasteiger charge is -2.13. The molecule has 0 aromatic heterocycles. The first kappa shape index (κ1) is 12.3. The number of ether oxygens (including phenoxy) is 1. The molecule has 0 N–H and O–H groups in total. The minimum atomic E-state index is -1.30. The summed E-state index contributed by atoms with van der Waals surface area (Å²) in [5.41, 5.74) is 1.12. The summed E-state index contributed by atoms with van der Waals surface area (Å²) < 4.78 is 17.1. The molecule has 1 aliphatic carbocycles. The number of esters is 1. The van der Waals surface area contributed by atoms with Gasteiger partial charge in [-0.3, -0.25) is 9.00 Å². The van der Waals surface area contributed by atoms with E-state index in [0.717, 1.165) is 18.4 Å². The minimum absolute atomic E-state index is 0.226. The fourth-order valence-corrected chi connectivity index (χ4v) is 3.38. The van der Waals surface area contributed by atoms with Gasteiger partial charge in [-0.05, 0) is 37.8 Å². The Labute approximate surface area is 104 Å². The first-order valence-electron chi connectivity index (χ1n) is 5.68. The van der Waals surface area contributed by atoms with Crippen molar-refractivity contribution in [3.63, 3.8) is 0 Å². The third-order valence-electron chi connectivity index (χ3n) is 2.97. The topological polar surface area (TPSA) is 43.4 Å². The molecular weight excluding hydrogens is 236 g/mol. The van der Waals surface area contributed by atoms with Crippen molar-refractivity contribution in [1.82, 2.24) is 0 Å². The van der Waals surface area contributed by atoms with Crippen LogP contribution in [0.1, 0.15) is 18.4 Å². The summed E-state index contributed by atoms with van der Waals surface area (Å²) in [6, 6.07) is 7.47. The molecule has 0 aliphatic heterocycles. The van der Waals surface area contributed by atoms with E-state index in [1.54, 1.807) is 0 Å². The van der Waals surface area contributed by atoms with Gasteiger partial charge in [-0.2, -0.15) is 0 Å². The first-order chi connectivity index (χ1) is 8.13. The normalized spacial score (nSPS) is 18.5. The molecule has 0 amide bonds. The minimum Gasteiger partial charge on any atom is -0.468 e. The van der Waals surface area contributed by atoms with Crippen LogP contribution in [0.25, 0.3) is 0 Å². The van der Waals surface area contributed by atoms with Gasteiger partial charge in [0.05, 0.1) is 17.9 Å². The molecule has 1 fully saturated rings. The standard InChI is InChI=1S/C13H16O3S/c1-9-3-7-11(8-4-9)17(15)12(10-5-6-10)13(14)16-2/h3-4,7-8,10,12H,5-6H2,1-2H3. The van der Waals surface area contributed by atoms with Gasteiger partial charge < -0.3 is 4.74 Å². The number of carbonyl (C=O) groups is 1. The maximum absolute atomic E-state index is 12.3. The zero-order chi connectivity index (χ0) is 12.4. The molecule has 0 heterocycles. The van der Waals surface area contributed by atoms with Crippen LogP contribution in [-0.4, -0.2) is 22.5 Å². The number of methoxy groups -OCH3 is 1. The lowest BCUT2D eigenvalue weighted by molar-refractivity contribution is -0.140. The van der Waals surface area contributed by atoms with E-state index in [1.165, 1.54) is 7.11 Å². The van der Waals surface area contributed by atoms with Crippen LogP contribution < -0.4 is 0 Å². The fraction of sp³-hybridized carbons (Fsp3) is 0.462. The van der Waals surface area contributed by atoms with Crippen molar-refractivity contribution in [2.45, 2.75) is 29.9 Å². The summed E-state index contributed by atoms with van der Waals surface area (Å²) in [6.45, 7) is 1.98. The van der Waals surface area contributed by atoms with Crippen LogP contribution in [-0.2, 0) is 20.3 Å². The molecule has 1 aromatic carbocycles. The number of rotatable bonds is 4. The predicted octanol–water partition coefficient (Wildman–Crippen LogP) is 2.05. The van der Waals surface area contributed by atoms with Crippen molar-refractivity contribution in [2.24, 2.45) is 5.92 Å². The monoisotopic (exact) mass is 252 g/mol. The Hall–Kier alpha value is -1.16. The van der Waals surface area contributed by atoms with E-state index >= 15 is 0 Å². The average molecular weight is 252 g/mol. The highest BCUT2D eigenvalue weighted by molar-refractivity contribution is 7.86. The molecule has 1 aromatic rings. The van der Waals surface area contributed by atoms with Crippen LogP contribution in [0, 0.1) is 12.8 Å². The Bertz CT molecular complexity index is 434. The van der Waals surface area contributed by atoms with Crippen molar-refractivity contribution >= 4 is 16.8 Å². The van der Waals surface area contributed by atoms with Gasteiger partial charge in [0, 0.05) is 4.90 Å². The van der Waals surface area contributed by atoms with Crippen molar-refractivity contribution < 1.29 is 13.7 Å². The zero-order valence-corrected chi connectivity index (χ0v) is 10.8. The quantitative estimate of drug-likeness (QED) is 0.770. The van der Waals surface area contributed by atoms with Crippen molar-refractivity contribution in [1.29, 1.82) is 0 Å². The average Bonchev–Trinajstić information content (AvgIpc) is 3.14. The Morgan fingerprint density at radius 2 is 1.94 bits per heavy atom. The van der Waals surface area contributed by atoms with Gasteiger partial charge in [-0.1, -0.05) is 17.7 Å². The van der Waals surface area contributed by atoms with E-state index in [2.05, 4.69) is 0 Å². The highest BCUT2D eigenvalue weighted by Crippen LogP contribution is 2.37. The number of benzene rings is 1. The largest absolute Gasteiger partial charge is 0.468 e. The smallest absolute Gasteiger partial charge is 0.322 e. The highest BCUT2D eigenvalue weighted by Gasteiger charge is 2.41. The van der Waals surface area contributed by atoms with Crippen molar-refractivity contribution in [3.8, 4) is 0 Å². The molecule has 0 saturated heterocycles. The molecule has 2 atom stereocenters. The van der Waals surface area contributed by atoms with Crippen molar-refractivity contribution in [3.05, 3.63) is 29.8 Å². The van der Waals surface area contributed by atoms with E-state index in [0.29, 0.717) is 4.90 Å². The molecule has 3 nitrogen and oxygen atoms in total. The summed E-state index contributed by atoms with van der Waals surface area (Å²) in [7, 11) is 0.0497. The Kier molecular flexibility index (Phi) is 3.62. The van der Waals surface area contributed by atoms with Crippen LogP contribution in [0.5, 0.6) is 0 Å². The Balaban J connectivity index is 2.21. The molecule has 0 bridgehead atoms. The second-order valence-electron chi connectivity index (χ2n) is 4.39. The molecule has 1 saturated carbocycles. The lowest BCUT2D eigenvalue weighted by atomic mass is 10.2. The maximum Gasteiger partial charge on any atom is 0.322 e. The number of hydrogen-bond acceptors (Lipinski definition) is 3. The number of aryl methyl sites for hydroxylation is 1. The van der Waals surface area contributed by atoms with Gasteiger partial charge in [0.25, 0.3) is 0 Å². The van der Waals surface area contributed by atoms with Gasteiger partial charge in [-0.15, -0.1) is 0 Å². The highest BCUT2D eigenvalue weighted by atomic mass is 32.2. The zero-order valence-electron chi connectivity index (χ0n) is 10.0. The van der Waals surface area contributed by atoms with E-state index in [-0.39, 0.29) is 11.9 Å². The first-order valence-corrected chi connectivity index (χ1v) is 6.90. The Morgan fingerprint density at radius 3 is 2.41 bits per heavy atom. The fourth-order valence-electron chi connectivity index (χ4n) is 1.79. The van der Waals surface area contributed by atoms with Gasteiger partial charge in [0.2, 0.25) is 0 Å². The molecule has 4 heteroatoms. The maximum atomic E-state index is 12.3. The molecule has 1 aliphatic rings. The molecule has 17 heavy (non-hydrogen) atoms.